The maximum Gasteiger partial charge on any atom is 0.262 e. The molecule has 0 atom stereocenters. The zero-order valence-electron chi connectivity index (χ0n) is 22.8. The molecule has 12 heteroatoms. The number of nitrogens with one attached hydrogen (secondary N) is 1. The van der Waals surface area contributed by atoms with E-state index in [1.54, 1.807) is 24.3 Å². The lowest BCUT2D eigenvalue weighted by Gasteiger charge is -2.34. The normalized spacial score (nSPS) is 16.4. The van der Waals surface area contributed by atoms with Crippen LogP contribution < -0.4 is 24.9 Å². The molecule has 0 unspecified atom stereocenters. The minimum absolute atomic E-state index is 0.218. The Hall–Kier alpha value is -4.13. The highest BCUT2D eigenvalue weighted by molar-refractivity contribution is 8.04. The second-order valence-corrected chi connectivity index (χ2v) is 10.6. The van der Waals surface area contributed by atoms with Gasteiger partial charge in [-0.1, -0.05) is 17.8 Å². The second kappa shape index (κ2) is 11.5. The molecule has 2 aromatic carbocycles. The molecule has 208 valence electrons. The lowest BCUT2D eigenvalue weighted by Crippen LogP contribution is -2.44. The number of methoxy groups -OCH3 is 1. The van der Waals surface area contributed by atoms with E-state index in [0.717, 1.165) is 36.9 Å². The molecule has 0 radical (unpaired) electrons. The Kier molecular flexibility index (Phi) is 7.92. The Balaban J connectivity index is 1.41. The Morgan fingerprint density at radius 1 is 1.15 bits per heavy atom. The zero-order chi connectivity index (χ0) is 28.4. The van der Waals surface area contributed by atoms with E-state index in [-0.39, 0.29) is 17.8 Å². The van der Waals surface area contributed by atoms with Gasteiger partial charge >= 0.3 is 0 Å². The first-order valence-electron chi connectivity index (χ1n) is 12.8. The van der Waals surface area contributed by atoms with Crippen molar-refractivity contribution in [2.75, 3.05) is 67.6 Å². The van der Waals surface area contributed by atoms with E-state index in [9.17, 15) is 14.8 Å². The third kappa shape index (κ3) is 5.74. The number of hydrogen-bond acceptors (Lipinski definition) is 10. The van der Waals surface area contributed by atoms with Crippen LogP contribution >= 0.6 is 11.8 Å². The van der Waals surface area contributed by atoms with Crippen molar-refractivity contribution in [2.24, 2.45) is 0 Å². The van der Waals surface area contributed by atoms with Gasteiger partial charge < -0.3 is 19.9 Å². The average Bonchev–Trinajstić information content (AvgIpc) is 2.94. The molecular formula is C28H31N7O4S. The molecule has 0 bridgehead atoms. The Labute approximate surface area is 237 Å². The third-order valence-electron chi connectivity index (χ3n) is 6.76. The molecule has 0 aliphatic carbocycles. The van der Waals surface area contributed by atoms with Gasteiger partial charge in [-0.15, -0.1) is 0 Å². The molecule has 0 spiro atoms. The topological polar surface area (TPSA) is 114 Å². The number of hydrogen-bond donors (Lipinski definition) is 2. The molecule has 2 aliphatic rings. The number of amides is 2. The van der Waals surface area contributed by atoms with E-state index < -0.39 is 0 Å². The molecular weight excluding hydrogens is 530 g/mol. The molecule has 1 fully saturated rings. The quantitative estimate of drug-likeness (QED) is 0.261. The highest BCUT2D eigenvalue weighted by atomic mass is 32.2. The Bertz CT molecular complexity index is 1450. The fourth-order valence-corrected chi connectivity index (χ4v) is 5.46. The first-order chi connectivity index (χ1) is 19.2. The Morgan fingerprint density at radius 3 is 2.52 bits per heavy atom. The maximum atomic E-state index is 12.8. The summed E-state index contributed by atoms with van der Waals surface area (Å²) in [5.41, 5.74) is 3.38. The fourth-order valence-electron chi connectivity index (χ4n) is 4.57. The lowest BCUT2D eigenvalue weighted by atomic mass is 10.1. The standard InChI is InChI=1S/C28H31N7O4S/c1-18(36)35(21-8-6-20(7-9-21)34-13-11-32(2)12-14-34)28-29-17-22-27(31-28)40-25(26(37)30-22)16-19-5-10-24(39-4)23(15-19)33(3)38/h5-10,15-17,38H,11-14H2,1-4H3,(H,30,37). The van der Waals surface area contributed by atoms with Crippen molar-refractivity contribution >= 4 is 58.4 Å². The molecule has 2 amide bonds. The molecule has 3 heterocycles. The number of anilines is 5. The lowest BCUT2D eigenvalue weighted by molar-refractivity contribution is -0.116. The van der Waals surface area contributed by atoms with Crippen molar-refractivity contribution in [3.05, 3.63) is 59.1 Å². The van der Waals surface area contributed by atoms with Crippen LogP contribution in [-0.2, 0) is 9.59 Å². The van der Waals surface area contributed by atoms with E-state index in [1.165, 1.54) is 43.9 Å². The predicted molar refractivity (Wildman–Crippen MR) is 157 cm³/mol. The van der Waals surface area contributed by atoms with Gasteiger partial charge in [0.15, 0.2) is 0 Å². The first-order valence-corrected chi connectivity index (χ1v) is 13.6. The van der Waals surface area contributed by atoms with Crippen LogP contribution in [-0.4, -0.2) is 79.3 Å². The van der Waals surface area contributed by atoms with Crippen LogP contribution in [0.15, 0.2) is 58.6 Å². The molecule has 1 aromatic heterocycles. The molecule has 40 heavy (non-hydrogen) atoms. The number of carbonyl (C=O) groups excluding carboxylic acids is 2. The summed E-state index contributed by atoms with van der Waals surface area (Å²) in [4.78, 5) is 41.1. The van der Waals surface area contributed by atoms with Crippen molar-refractivity contribution in [2.45, 2.75) is 11.9 Å². The fraction of sp³-hybridized carbons (Fsp3) is 0.286. The summed E-state index contributed by atoms with van der Waals surface area (Å²) < 4.78 is 5.29. The van der Waals surface area contributed by atoms with Gasteiger partial charge in [-0.25, -0.2) is 14.9 Å². The van der Waals surface area contributed by atoms with Gasteiger partial charge in [0.25, 0.3) is 5.91 Å². The van der Waals surface area contributed by atoms with Crippen LogP contribution in [0.25, 0.3) is 6.08 Å². The molecule has 2 N–H and O–H groups in total. The summed E-state index contributed by atoms with van der Waals surface area (Å²) in [5.74, 6) is 0.185. The number of nitrogens with zero attached hydrogens (tertiary/aromatic N) is 6. The monoisotopic (exact) mass is 561 g/mol. The highest BCUT2D eigenvalue weighted by Crippen LogP contribution is 2.39. The van der Waals surface area contributed by atoms with Crippen LogP contribution in [0, 0.1) is 0 Å². The van der Waals surface area contributed by atoms with Crippen LogP contribution in [0.1, 0.15) is 12.5 Å². The SMILES string of the molecule is COc1ccc(C=C2Sc3nc(N(C(C)=O)c4ccc(N5CCN(C)CC5)cc4)ncc3NC2=O)cc1N(C)O. The van der Waals surface area contributed by atoms with Crippen LogP contribution in [0.3, 0.4) is 0 Å². The van der Waals surface area contributed by atoms with Gasteiger partial charge in [-0.3, -0.25) is 19.9 Å². The molecule has 11 nitrogen and oxygen atoms in total. The van der Waals surface area contributed by atoms with E-state index in [2.05, 4.69) is 32.1 Å². The summed E-state index contributed by atoms with van der Waals surface area (Å²) in [6.07, 6.45) is 3.22. The van der Waals surface area contributed by atoms with Crippen LogP contribution in [0.5, 0.6) is 5.75 Å². The number of carbonyl (C=O) groups is 2. The number of thioether (sulfide) groups is 1. The zero-order valence-corrected chi connectivity index (χ0v) is 23.6. The summed E-state index contributed by atoms with van der Waals surface area (Å²) in [5, 5.41) is 14.3. The Morgan fingerprint density at radius 2 is 1.88 bits per heavy atom. The third-order valence-corrected chi connectivity index (χ3v) is 7.79. The number of piperazine rings is 1. The summed E-state index contributed by atoms with van der Waals surface area (Å²) in [6, 6.07) is 13.0. The summed E-state index contributed by atoms with van der Waals surface area (Å²) >= 11 is 1.19. The minimum atomic E-state index is -0.300. The van der Waals surface area contributed by atoms with Gasteiger partial charge in [0.1, 0.15) is 16.5 Å². The van der Waals surface area contributed by atoms with E-state index >= 15 is 0 Å². The number of ether oxygens (including phenoxy) is 1. The molecule has 3 aromatic rings. The van der Waals surface area contributed by atoms with Gasteiger partial charge in [0, 0.05) is 45.8 Å². The number of rotatable bonds is 6. The highest BCUT2D eigenvalue weighted by Gasteiger charge is 2.26. The largest absolute Gasteiger partial charge is 0.494 e. The summed E-state index contributed by atoms with van der Waals surface area (Å²) in [6.45, 7) is 5.39. The van der Waals surface area contributed by atoms with Crippen molar-refractivity contribution in [3.63, 3.8) is 0 Å². The molecule has 0 saturated carbocycles. The van der Waals surface area contributed by atoms with Gasteiger partial charge in [-0.05, 0) is 55.1 Å². The number of benzene rings is 2. The van der Waals surface area contributed by atoms with Crippen molar-refractivity contribution in [1.29, 1.82) is 0 Å². The van der Waals surface area contributed by atoms with E-state index in [1.807, 2.05) is 24.3 Å². The first kappa shape index (κ1) is 27.4. The van der Waals surface area contributed by atoms with Gasteiger partial charge in [-0.2, -0.15) is 0 Å². The number of hydroxylamine groups is 1. The predicted octanol–water partition coefficient (Wildman–Crippen LogP) is 3.83. The van der Waals surface area contributed by atoms with E-state index in [0.29, 0.717) is 38.3 Å². The number of aromatic nitrogens is 2. The average molecular weight is 562 g/mol. The smallest absolute Gasteiger partial charge is 0.262 e. The molecule has 2 aliphatic heterocycles. The molecule has 1 saturated heterocycles. The maximum absolute atomic E-state index is 12.8. The van der Waals surface area contributed by atoms with Crippen LogP contribution in [0.4, 0.5) is 28.7 Å². The number of fused-ring (bicyclic) bond motifs is 1. The van der Waals surface area contributed by atoms with Crippen molar-refractivity contribution in [3.8, 4) is 5.75 Å². The number of likely N-dealkylation sites (N-methyl/N-ethyl adjacent to an activating group) is 1. The second-order valence-electron chi connectivity index (χ2n) is 9.57. The van der Waals surface area contributed by atoms with Gasteiger partial charge in [0.05, 0.1) is 29.6 Å². The van der Waals surface area contributed by atoms with Crippen LogP contribution in [0.2, 0.25) is 0 Å². The summed E-state index contributed by atoms with van der Waals surface area (Å²) in [7, 11) is 5.13. The molecule has 5 rings (SSSR count). The van der Waals surface area contributed by atoms with E-state index in [4.69, 9.17) is 4.74 Å². The van der Waals surface area contributed by atoms with Crippen molar-refractivity contribution < 1.29 is 19.5 Å². The minimum Gasteiger partial charge on any atom is -0.494 e. The van der Waals surface area contributed by atoms with Crippen molar-refractivity contribution in [1.82, 2.24) is 14.9 Å². The van der Waals surface area contributed by atoms with Gasteiger partial charge in [0.2, 0.25) is 11.9 Å².